The fourth-order valence-electron chi connectivity index (χ4n) is 2.79. The number of hydrogen-bond acceptors (Lipinski definition) is 3. The molecule has 2 aliphatic carbocycles. The molecule has 4 atom stereocenters. The molecular formula is C12H14NO3-. The van der Waals surface area contributed by atoms with Gasteiger partial charge in [-0.05, 0) is 18.3 Å². The van der Waals surface area contributed by atoms with Crippen molar-refractivity contribution in [3.8, 4) is 0 Å². The van der Waals surface area contributed by atoms with Crippen molar-refractivity contribution in [2.24, 2.45) is 23.7 Å². The highest BCUT2D eigenvalue weighted by Crippen LogP contribution is 2.47. The van der Waals surface area contributed by atoms with Crippen LogP contribution in [0, 0.1) is 23.7 Å². The molecule has 4 nitrogen and oxygen atoms in total. The summed E-state index contributed by atoms with van der Waals surface area (Å²) in [5, 5.41) is 13.7. The summed E-state index contributed by atoms with van der Waals surface area (Å²) in [6, 6.07) is 0. The normalized spacial score (nSPS) is 35.0. The van der Waals surface area contributed by atoms with Crippen molar-refractivity contribution in [2.45, 2.75) is 6.42 Å². The van der Waals surface area contributed by atoms with Gasteiger partial charge in [0.05, 0.1) is 5.92 Å². The summed E-state index contributed by atoms with van der Waals surface area (Å²) >= 11 is 0. The van der Waals surface area contributed by atoms with Gasteiger partial charge in [-0.25, -0.2) is 0 Å². The van der Waals surface area contributed by atoms with Gasteiger partial charge in [-0.2, -0.15) is 0 Å². The number of carbonyl (C=O) groups excluding carboxylic acids is 2. The third-order valence-corrected chi connectivity index (χ3v) is 3.45. The van der Waals surface area contributed by atoms with Crippen LogP contribution in [-0.4, -0.2) is 18.4 Å². The van der Waals surface area contributed by atoms with Crippen molar-refractivity contribution in [1.29, 1.82) is 0 Å². The number of carboxylic acid groups (broad SMARTS) is 1. The average Bonchev–Trinajstić information content (AvgIpc) is 2.84. The highest BCUT2D eigenvalue weighted by molar-refractivity contribution is 5.86. The molecule has 0 saturated heterocycles. The number of nitrogens with one attached hydrogen (secondary N) is 1. The van der Waals surface area contributed by atoms with E-state index >= 15 is 0 Å². The summed E-state index contributed by atoms with van der Waals surface area (Å²) in [5.74, 6) is -2.44. The number of fused-ring (bicyclic) bond motifs is 2. The van der Waals surface area contributed by atoms with Crippen molar-refractivity contribution < 1.29 is 14.7 Å². The Morgan fingerprint density at radius 2 is 2.00 bits per heavy atom. The zero-order chi connectivity index (χ0) is 11.7. The summed E-state index contributed by atoms with van der Waals surface area (Å²) < 4.78 is 0. The minimum atomic E-state index is -1.12. The Kier molecular flexibility index (Phi) is 2.81. The Morgan fingerprint density at radius 3 is 2.56 bits per heavy atom. The Bertz CT molecular complexity index is 361. The number of carboxylic acids is 1. The van der Waals surface area contributed by atoms with Crippen LogP contribution in [0.5, 0.6) is 0 Å². The molecule has 0 heterocycles. The van der Waals surface area contributed by atoms with E-state index < -0.39 is 17.8 Å². The second kappa shape index (κ2) is 4.12. The maximum atomic E-state index is 11.8. The number of rotatable bonds is 4. The molecule has 4 heteroatoms. The standard InChI is InChI=1S/C12H15NO3/c1-2-5-13-11(14)9-7-3-4-8(6-7)10(9)12(15)16/h2-4,7-10H,1,5-6H2,(H,13,14)(H,15,16)/p-1/t7-,8-,9+,10-/m0/s1. The highest BCUT2D eigenvalue weighted by Gasteiger charge is 2.48. The predicted molar refractivity (Wildman–Crippen MR) is 55.9 cm³/mol. The average molecular weight is 220 g/mol. The van der Waals surface area contributed by atoms with E-state index in [2.05, 4.69) is 11.9 Å². The van der Waals surface area contributed by atoms with Crippen LogP contribution in [0.2, 0.25) is 0 Å². The molecule has 2 rings (SSSR count). The monoisotopic (exact) mass is 220 g/mol. The Morgan fingerprint density at radius 1 is 1.38 bits per heavy atom. The Balaban J connectivity index is 2.13. The van der Waals surface area contributed by atoms with Crippen LogP contribution in [-0.2, 0) is 9.59 Å². The SMILES string of the molecule is C=CCNC(=O)[C@H]1[C@@H](C(=O)[O-])[C@H]2C=C[C@H]1C2. The lowest BCUT2D eigenvalue weighted by molar-refractivity contribution is -0.313. The van der Waals surface area contributed by atoms with Crippen molar-refractivity contribution >= 4 is 11.9 Å². The van der Waals surface area contributed by atoms with Crippen molar-refractivity contribution in [1.82, 2.24) is 5.32 Å². The van der Waals surface area contributed by atoms with Crippen LogP contribution in [0.1, 0.15) is 6.42 Å². The quantitative estimate of drug-likeness (QED) is 0.648. The summed E-state index contributed by atoms with van der Waals surface area (Å²) in [6.07, 6.45) is 6.17. The zero-order valence-corrected chi connectivity index (χ0v) is 8.89. The number of allylic oxidation sites excluding steroid dienone is 2. The first-order valence-electron chi connectivity index (χ1n) is 5.43. The van der Waals surface area contributed by atoms with Crippen molar-refractivity contribution in [3.63, 3.8) is 0 Å². The van der Waals surface area contributed by atoms with Gasteiger partial charge in [0, 0.05) is 18.4 Å². The molecule has 1 amide bonds. The smallest absolute Gasteiger partial charge is 0.224 e. The first-order chi connectivity index (χ1) is 7.65. The van der Waals surface area contributed by atoms with Gasteiger partial charge in [-0.1, -0.05) is 18.2 Å². The lowest BCUT2D eigenvalue weighted by atomic mass is 9.82. The van der Waals surface area contributed by atoms with E-state index in [9.17, 15) is 14.7 Å². The van der Waals surface area contributed by atoms with Gasteiger partial charge in [0.1, 0.15) is 0 Å². The Hall–Kier alpha value is -1.58. The molecule has 0 aromatic heterocycles. The summed E-state index contributed by atoms with van der Waals surface area (Å²) in [7, 11) is 0. The van der Waals surface area contributed by atoms with Gasteiger partial charge < -0.3 is 15.2 Å². The van der Waals surface area contributed by atoms with E-state index in [0.29, 0.717) is 6.54 Å². The molecule has 0 aromatic rings. The second-order valence-electron chi connectivity index (χ2n) is 4.35. The molecule has 2 bridgehead atoms. The highest BCUT2D eigenvalue weighted by atomic mass is 16.4. The third-order valence-electron chi connectivity index (χ3n) is 3.45. The molecule has 1 N–H and O–H groups in total. The fourth-order valence-corrected chi connectivity index (χ4v) is 2.79. The molecule has 1 fully saturated rings. The van der Waals surface area contributed by atoms with Gasteiger partial charge in [-0.15, -0.1) is 6.58 Å². The summed E-state index contributed by atoms with van der Waals surface area (Å²) in [4.78, 5) is 22.9. The van der Waals surface area contributed by atoms with Crippen LogP contribution in [0.3, 0.4) is 0 Å². The topological polar surface area (TPSA) is 69.2 Å². The van der Waals surface area contributed by atoms with Gasteiger partial charge in [0.15, 0.2) is 0 Å². The van der Waals surface area contributed by atoms with Crippen LogP contribution in [0.25, 0.3) is 0 Å². The fraction of sp³-hybridized carbons (Fsp3) is 0.500. The number of carbonyl (C=O) groups is 2. The van der Waals surface area contributed by atoms with E-state index in [1.165, 1.54) is 0 Å². The van der Waals surface area contributed by atoms with Gasteiger partial charge in [-0.3, -0.25) is 4.79 Å². The first kappa shape index (κ1) is 10.9. The molecule has 0 aliphatic heterocycles. The molecule has 16 heavy (non-hydrogen) atoms. The molecule has 1 saturated carbocycles. The molecule has 0 radical (unpaired) electrons. The maximum Gasteiger partial charge on any atom is 0.224 e. The molecule has 0 spiro atoms. The molecule has 0 aromatic carbocycles. The van der Waals surface area contributed by atoms with Gasteiger partial charge in [0.25, 0.3) is 0 Å². The summed E-state index contributed by atoms with van der Waals surface area (Å²) in [6.45, 7) is 3.88. The number of hydrogen-bond donors (Lipinski definition) is 1. The number of aliphatic carboxylic acids is 1. The van der Waals surface area contributed by atoms with E-state index in [-0.39, 0.29) is 17.7 Å². The van der Waals surface area contributed by atoms with E-state index in [1.54, 1.807) is 6.08 Å². The number of amides is 1. The lowest BCUT2D eigenvalue weighted by Crippen LogP contribution is -2.44. The van der Waals surface area contributed by atoms with Crippen molar-refractivity contribution in [3.05, 3.63) is 24.8 Å². The zero-order valence-electron chi connectivity index (χ0n) is 8.89. The van der Waals surface area contributed by atoms with Crippen LogP contribution < -0.4 is 10.4 Å². The third kappa shape index (κ3) is 1.64. The van der Waals surface area contributed by atoms with E-state index in [4.69, 9.17) is 0 Å². The molecular weight excluding hydrogens is 206 g/mol. The summed E-state index contributed by atoms with van der Waals surface area (Å²) in [5.41, 5.74) is 0. The van der Waals surface area contributed by atoms with Crippen LogP contribution in [0.4, 0.5) is 0 Å². The second-order valence-corrected chi connectivity index (χ2v) is 4.35. The van der Waals surface area contributed by atoms with Gasteiger partial charge >= 0.3 is 0 Å². The molecule has 0 unspecified atom stereocenters. The van der Waals surface area contributed by atoms with Crippen molar-refractivity contribution in [2.75, 3.05) is 6.54 Å². The first-order valence-corrected chi connectivity index (χ1v) is 5.43. The largest absolute Gasteiger partial charge is 0.550 e. The molecule has 2 aliphatic rings. The van der Waals surface area contributed by atoms with Gasteiger partial charge in [0.2, 0.25) is 5.91 Å². The maximum absolute atomic E-state index is 11.8. The minimum absolute atomic E-state index is 0.0329. The van der Waals surface area contributed by atoms with Crippen LogP contribution in [0.15, 0.2) is 24.8 Å². The van der Waals surface area contributed by atoms with E-state index in [1.807, 2.05) is 12.2 Å². The van der Waals surface area contributed by atoms with E-state index in [0.717, 1.165) is 6.42 Å². The lowest BCUT2D eigenvalue weighted by Gasteiger charge is -2.27. The predicted octanol–water partition coefficient (Wildman–Crippen LogP) is -0.523. The molecule has 86 valence electrons. The minimum Gasteiger partial charge on any atom is -0.550 e. The Labute approximate surface area is 94.0 Å². The van der Waals surface area contributed by atoms with Crippen LogP contribution >= 0.6 is 0 Å².